The first-order valence-corrected chi connectivity index (χ1v) is 8.10. The van der Waals surface area contributed by atoms with Crippen LogP contribution in [0.1, 0.15) is 20.3 Å². The fraction of sp³-hybridized carbons (Fsp3) is 0.150. The van der Waals surface area contributed by atoms with E-state index >= 15 is 0 Å². The second-order valence-electron chi connectivity index (χ2n) is 5.97. The lowest BCUT2D eigenvalue weighted by Gasteiger charge is -2.06. The van der Waals surface area contributed by atoms with Crippen LogP contribution in [0.5, 0.6) is 0 Å². The average Bonchev–Trinajstić information content (AvgIpc) is 2.94. The Morgan fingerprint density at radius 2 is 2.08 bits per heavy atom. The Morgan fingerprint density at radius 1 is 1.28 bits per heavy atom. The van der Waals surface area contributed by atoms with Crippen LogP contribution >= 0.6 is 0 Å². The van der Waals surface area contributed by atoms with Gasteiger partial charge in [0, 0.05) is 5.57 Å². The zero-order valence-corrected chi connectivity index (χ0v) is 14.3. The summed E-state index contributed by atoms with van der Waals surface area (Å²) in [5.41, 5.74) is 10.9. The molecule has 5 nitrogen and oxygen atoms in total. The zero-order valence-electron chi connectivity index (χ0n) is 14.3. The molecule has 1 aliphatic rings. The van der Waals surface area contributed by atoms with Crippen LogP contribution in [-0.4, -0.2) is 20.9 Å². The van der Waals surface area contributed by atoms with Crippen molar-refractivity contribution in [3.05, 3.63) is 77.4 Å². The molecule has 2 N–H and O–H groups in total. The molecule has 0 radical (unpaired) electrons. The molecule has 0 fully saturated rings. The molecule has 1 heterocycles. The summed E-state index contributed by atoms with van der Waals surface area (Å²) in [5.74, 6) is -0.409. The Bertz CT molecular complexity index is 970. The Morgan fingerprint density at radius 3 is 2.88 bits per heavy atom. The lowest BCUT2D eigenvalue weighted by Crippen LogP contribution is -2.11. The molecule has 1 amide bonds. The topological polar surface area (TPSA) is 73.8 Å². The first kappa shape index (κ1) is 16.6. The summed E-state index contributed by atoms with van der Waals surface area (Å²) >= 11 is 0. The quantitative estimate of drug-likeness (QED) is 0.687. The summed E-state index contributed by atoms with van der Waals surface area (Å²) in [4.78, 5) is 11.0. The number of amides is 1. The van der Waals surface area contributed by atoms with E-state index in [9.17, 15) is 4.79 Å². The molecule has 0 spiro atoms. The number of carbonyl (C=O) groups excluding carboxylic acids is 1. The Balaban J connectivity index is 1.87. The summed E-state index contributed by atoms with van der Waals surface area (Å²) in [6, 6.07) is 7.91. The molecular weight excluding hydrogens is 312 g/mol. The van der Waals surface area contributed by atoms with E-state index in [1.165, 1.54) is 5.57 Å². The van der Waals surface area contributed by atoms with E-state index < -0.39 is 5.91 Å². The normalized spacial score (nSPS) is 15.8. The SMILES string of the molecule is CC1=C(n2nnc3ccccc32)C=CC(/C=C/C=C(\C)C(N)=O)=CC1. The second-order valence-corrected chi connectivity index (χ2v) is 5.97. The van der Waals surface area contributed by atoms with Gasteiger partial charge >= 0.3 is 0 Å². The number of primary amides is 1. The molecule has 0 bridgehead atoms. The number of hydrogen-bond donors (Lipinski definition) is 1. The second kappa shape index (κ2) is 7.13. The number of allylic oxidation sites excluding steroid dienone is 9. The van der Waals surface area contributed by atoms with Crippen molar-refractivity contribution in [3.63, 3.8) is 0 Å². The minimum Gasteiger partial charge on any atom is -0.366 e. The van der Waals surface area contributed by atoms with E-state index in [0.29, 0.717) is 5.57 Å². The first-order chi connectivity index (χ1) is 12.1. The molecule has 0 saturated heterocycles. The predicted octanol–water partition coefficient (Wildman–Crippen LogP) is 3.54. The van der Waals surface area contributed by atoms with Crippen molar-refractivity contribution in [2.24, 2.45) is 5.73 Å². The van der Waals surface area contributed by atoms with Crippen LogP contribution in [0.15, 0.2) is 77.4 Å². The van der Waals surface area contributed by atoms with Crippen LogP contribution in [0.2, 0.25) is 0 Å². The molecule has 3 rings (SSSR count). The van der Waals surface area contributed by atoms with Crippen molar-refractivity contribution in [3.8, 4) is 0 Å². The molecule has 0 aliphatic heterocycles. The third kappa shape index (κ3) is 3.66. The van der Waals surface area contributed by atoms with E-state index in [2.05, 4.69) is 23.3 Å². The highest BCUT2D eigenvalue weighted by Crippen LogP contribution is 2.24. The number of fused-ring (bicyclic) bond motifs is 1. The van der Waals surface area contributed by atoms with Crippen molar-refractivity contribution in [2.45, 2.75) is 20.3 Å². The molecule has 0 unspecified atom stereocenters. The maximum absolute atomic E-state index is 11.0. The van der Waals surface area contributed by atoms with Crippen LogP contribution in [-0.2, 0) is 4.79 Å². The molecule has 5 heteroatoms. The van der Waals surface area contributed by atoms with E-state index in [0.717, 1.165) is 28.7 Å². The van der Waals surface area contributed by atoms with Crippen molar-refractivity contribution in [1.82, 2.24) is 15.0 Å². The molecule has 0 saturated carbocycles. The lowest BCUT2D eigenvalue weighted by molar-refractivity contribution is -0.114. The minimum absolute atomic E-state index is 0.409. The van der Waals surface area contributed by atoms with Gasteiger partial charge in [-0.1, -0.05) is 47.7 Å². The minimum atomic E-state index is -0.409. The molecule has 1 aromatic carbocycles. The zero-order chi connectivity index (χ0) is 17.8. The number of nitrogens with zero attached hydrogens (tertiary/aromatic N) is 3. The Kier molecular flexibility index (Phi) is 4.75. The number of nitrogens with two attached hydrogens (primary N) is 1. The molecule has 1 aliphatic carbocycles. The van der Waals surface area contributed by atoms with Crippen molar-refractivity contribution in [1.29, 1.82) is 0 Å². The van der Waals surface area contributed by atoms with Gasteiger partial charge in [-0.25, -0.2) is 4.68 Å². The van der Waals surface area contributed by atoms with Crippen LogP contribution in [0.4, 0.5) is 0 Å². The van der Waals surface area contributed by atoms with Crippen molar-refractivity contribution >= 4 is 22.6 Å². The van der Waals surface area contributed by atoms with Crippen LogP contribution in [0.25, 0.3) is 16.7 Å². The maximum Gasteiger partial charge on any atom is 0.244 e. The van der Waals surface area contributed by atoms with E-state index in [4.69, 9.17) is 5.73 Å². The smallest absolute Gasteiger partial charge is 0.244 e. The maximum atomic E-state index is 11.0. The monoisotopic (exact) mass is 332 g/mol. The summed E-state index contributed by atoms with van der Waals surface area (Å²) < 4.78 is 1.87. The number of para-hydroxylation sites is 1. The molecule has 126 valence electrons. The van der Waals surface area contributed by atoms with Gasteiger partial charge in [0.25, 0.3) is 0 Å². The number of rotatable bonds is 4. The van der Waals surface area contributed by atoms with Crippen molar-refractivity contribution in [2.75, 3.05) is 0 Å². The lowest BCUT2D eigenvalue weighted by atomic mass is 10.1. The van der Waals surface area contributed by atoms with Gasteiger partial charge in [-0.15, -0.1) is 5.10 Å². The average molecular weight is 332 g/mol. The Labute approximate surface area is 146 Å². The highest BCUT2D eigenvalue weighted by molar-refractivity contribution is 5.91. The standard InChI is InChI=1S/C20H20N4O/c1-14-10-11-16(7-5-6-15(2)20(21)25)12-13-18(14)24-19-9-4-3-8-17(19)22-23-24/h3-9,11-13H,10H2,1-2H3,(H2,21,25)/b7-5+,15-6+. The van der Waals surface area contributed by atoms with Crippen LogP contribution in [0, 0.1) is 0 Å². The van der Waals surface area contributed by atoms with Gasteiger partial charge in [-0.05, 0) is 49.6 Å². The highest BCUT2D eigenvalue weighted by atomic mass is 16.1. The number of benzene rings is 1. The first-order valence-electron chi connectivity index (χ1n) is 8.10. The van der Waals surface area contributed by atoms with E-state index in [1.807, 2.05) is 53.3 Å². The fourth-order valence-electron chi connectivity index (χ4n) is 2.57. The number of carbonyl (C=O) groups is 1. The van der Waals surface area contributed by atoms with Gasteiger partial charge in [0.2, 0.25) is 5.91 Å². The largest absolute Gasteiger partial charge is 0.366 e. The van der Waals surface area contributed by atoms with E-state index in [1.54, 1.807) is 13.0 Å². The molecule has 0 atom stereocenters. The van der Waals surface area contributed by atoms with Gasteiger partial charge in [-0.2, -0.15) is 0 Å². The third-order valence-corrected chi connectivity index (χ3v) is 4.12. The summed E-state index contributed by atoms with van der Waals surface area (Å²) in [7, 11) is 0. The van der Waals surface area contributed by atoms with E-state index in [-0.39, 0.29) is 0 Å². The third-order valence-electron chi connectivity index (χ3n) is 4.12. The summed E-state index contributed by atoms with van der Waals surface area (Å²) in [6.07, 6.45) is 12.5. The summed E-state index contributed by atoms with van der Waals surface area (Å²) in [6.45, 7) is 3.79. The summed E-state index contributed by atoms with van der Waals surface area (Å²) in [5, 5.41) is 8.52. The molecule has 2 aromatic rings. The van der Waals surface area contributed by atoms with Gasteiger partial charge in [-0.3, -0.25) is 4.79 Å². The number of aromatic nitrogens is 3. The molecule has 1 aromatic heterocycles. The van der Waals surface area contributed by atoms with Crippen molar-refractivity contribution < 1.29 is 4.79 Å². The number of hydrogen-bond acceptors (Lipinski definition) is 3. The van der Waals surface area contributed by atoms with Gasteiger partial charge in [0.05, 0.1) is 11.2 Å². The van der Waals surface area contributed by atoms with Gasteiger partial charge in [0.1, 0.15) is 5.52 Å². The van der Waals surface area contributed by atoms with Crippen LogP contribution in [0.3, 0.4) is 0 Å². The fourth-order valence-corrected chi connectivity index (χ4v) is 2.57. The Hall–Kier alpha value is -3.21. The van der Waals surface area contributed by atoms with Crippen LogP contribution < -0.4 is 5.73 Å². The molecule has 25 heavy (non-hydrogen) atoms. The molecular formula is C20H20N4O. The van der Waals surface area contributed by atoms with Gasteiger partial charge < -0.3 is 5.73 Å². The van der Waals surface area contributed by atoms with Gasteiger partial charge in [0.15, 0.2) is 0 Å². The predicted molar refractivity (Wildman–Crippen MR) is 100 cm³/mol. The highest BCUT2D eigenvalue weighted by Gasteiger charge is 2.10.